The van der Waals surface area contributed by atoms with Crippen molar-refractivity contribution in [3.63, 3.8) is 0 Å². The minimum absolute atomic E-state index is 0.996. The van der Waals surface area contributed by atoms with Gasteiger partial charge >= 0.3 is 0 Å². The van der Waals surface area contributed by atoms with Crippen molar-refractivity contribution in [3.8, 4) is 0 Å². The summed E-state index contributed by atoms with van der Waals surface area (Å²) in [7, 11) is 0. The van der Waals surface area contributed by atoms with E-state index >= 15 is 0 Å². The molecule has 2 aromatic carbocycles. The first-order valence-corrected chi connectivity index (χ1v) is 6.32. The van der Waals surface area contributed by atoms with E-state index < -0.39 is 0 Å². The Morgan fingerprint density at radius 1 is 0.941 bits per heavy atom. The molecule has 0 radical (unpaired) electrons. The molecule has 1 nitrogen and oxygen atoms in total. The predicted octanol–water partition coefficient (Wildman–Crippen LogP) is 4.90. The fourth-order valence-electron chi connectivity index (χ4n) is 1.57. The van der Waals surface area contributed by atoms with Crippen LogP contribution in [0.4, 0.5) is 5.69 Å². The van der Waals surface area contributed by atoms with E-state index in [1.54, 1.807) is 0 Å². The third-order valence-electron chi connectivity index (χ3n) is 2.59. The molecule has 0 saturated carbocycles. The van der Waals surface area contributed by atoms with Crippen molar-refractivity contribution in [2.75, 3.05) is 0 Å². The van der Waals surface area contributed by atoms with E-state index in [0.717, 1.165) is 21.4 Å². The van der Waals surface area contributed by atoms with Gasteiger partial charge in [-0.2, -0.15) is 0 Å². The monoisotopic (exact) mass is 287 g/mol. The highest BCUT2D eigenvalue weighted by Gasteiger charge is 1.97. The molecule has 2 rings (SSSR count). The zero-order valence-corrected chi connectivity index (χ0v) is 11.5. The van der Waals surface area contributed by atoms with Gasteiger partial charge < -0.3 is 0 Å². The Labute approximate surface area is 110 Å². The molecule has 0 fully saturated rings. The van der Waals surface area contributed by atoms with Crippen LogP contribution in [-0.2, 0) is 0 Å². The molecule has 86 valence electrons. The second-order valence-electron chi connectivity index (χ2n) is 4.04. The Bertz CT molecular complexity index is 524. The zero-order valence-electron chi connectivity index (χ0n) is 9.94. The third-order valence-corrected chi connectivity index (χ3v) is 3.12. The van der Waals surface area contributed by atoms with E-state index in [-0.39, 0.29) is 0 Å². The Balaban J connectivity index is 2.27. The van der Waals surface area contributed by atoms with Crippen molar-refractivity contribution in [1.82, 2.24) is 0 Å². The summed E-state index contributed by atoms with van der Waals surface area (Å²) in [6, 6.07) is 16.4. The van der Waals surface area contributed by atoms with E-state index in [4.69, 9.17) is 0 Å². The van der Waals surface area contributed by atoms with Gasteiger partial charge in [0.1, 0.15) is 0 Å². The molecule has 0 amide bonds. The number of nitrogens with zero attached hydrogens (tertiary/aromatic N) is 1. The smallest absolute Gasteiger partial charge is 0.0633 e. The van der Waals surface area contributed by atoms with E-state index in [0.29, 0.717) is 0 Å². The van der Waals surface area contributed by atoms with Crippen molar-refractivity contribution in [2.45, 2.75) is 13.8 Å². The quantitative estimate of drug-likeness (QED) is 0.697. The lowest BCUT2D eigenvalue weighted by Crippen LogP contribution is -1.92. The lowest BCUT2D eigenvalue weighted by atomic mass is 10.1. The van der Waals surface area contributed by atoms with Gasteiger partial charge in [0.2, 0.25) is 0 Å². The topological polar surface area (TPSA) is 12.4 Å². The van der Waals surface area contributed by atoms with Crippen molar-refractivity contribution in [2.24, 2.45) is 4.99 Å². The maximum atomic E-state index is 4.60. The van der Waals surface area contributed by atoms with Crippen molar-refractivity contribution < 1.29 is 0 Å². The summed E-state index contributed by atoms with van der Waals surface area (Å²) >= 11 is 3.43. The van der Waals surface area contributed by atoms with Crippen molar-refractivity contribution >= 4 is 27.3 Å². The molecule has 0 aliphatic rings. The Kier molecular flexibility index (Phi) is 3.75. The van der Waals surface area contributed by atoms with Crippen LogP contribution in [0.5, 0.6) is 0 Å². The Hall–Kier alpha value is -1.41. The van der Waals surface area contributed by atoms with E-state index in [1.165, 1.54) is 5.56 Å². The maximum absolute atomic E-state index is 4.60. The molecule has 2 heteroatoms. The Morgan fingerprint density at radius 3 is 2.12 bits per heavy atom. The minimum Gasteiger partial charge on any atom is -0.253 e. The summed E-state index contributed by atoms with van der Waals surface area (Å²) in [6.07, 6.45) is 0. The van der Waals surface area contributed by atoms with Crippen LogP contribution >= 0.6 is 15.9 Å². The first-order valence-electron chi connectivity index (χ1n) is 5.53. The van der Waals surface area contributed by atoms with E-state index in [1.807, 2.05) is 31.2 Å². The highest BCUT2D eigenvalue weighted by molar-refractivity contribution is 9.10. The molecule has 0 spiro atoms. The molecule has 0 saturated heterocycles. The molecule has 0 bridgehead atoms. The molecule has 0 atom stereocenters. The average Bonchev–Trinajstić information content (AvgIpc) is 2.33. The highest BCUT2D eigenvalue weighted by Crippen LogP contribution is 2.16. The highest BCUT2D eigenvalue weighted by atomic mass is 79.9. The number of hydrogen-bond donors (Lipinski definition) is 0. The summed E-state index contributed by atoms with van der Waals surface area (Å²) in [5, 5.41) is 0. The second kappa shape index (κ2) is 5.28. The number of aryl methyl sites for hydroxylation is 1. The summed E-state index contributed by atoms with van der Waals surface area (Å²) in [5.74, 6) is 0. The molecule has 0 N–H and O–H groups in total. The second-order valence-corrected chi connectivity index (χ2v) is 4.96. The summed E-state index contributed by atoms with van der Waals surface area (Å²) < 4.78 is 1.09. The number of hydrogen-bond acceptors (Lipinski definition) is 1. The molecule has 0 aliphatic heterocycles. The van der Waals surface area contributed by atoms with E-state index in [2.05, 4.69) is 52.1 Å². The lowest BCUT2D eigenvalue weighted by Gasteiger charge is -2.02. The molecule has 0 aliphatic carbocycles. The fourth-order valence-corrected chi connectivity index (χ4v) is 1.83. The van der Waals surface area contributed by atoms with Crippen LogP contribution in [0.1, 0.15) is 18.1 Å². The van der Waals surface area contributed by atoms with E-state index in [9.17, 15) is 0 Å². The molecular formula is C15H14BrN. The summed E-state index contributed by atoms with van der Waals surface area (Å²) in [4.78, 5) is 4.60. The fraction of sp³-hybridized carbons (Fsp3) is 0.133. The molecule has 0 aromatic heterocycles. The van der Waals surface area contributed by atoms with Gasteiger partial charge in [-0.1, -0.05) is 45.8 Å². The molecule has 0 heterocycles. The molecule has 17 heavy (non-hydrogen) atoms. The van der Waals surface area contributed by atoms with Gasteiger partial charge in [0.25, 0.3) is 0 Å². The van der Waals surface area contributed by atoms with Gasteiger partial charge in [-0.3, -0.25) is 4.99 Å². The first-order chi connectivity index (χ1) is 8.15. The van der Waals surface area contributed by atoms with Gasteiger partial charge in [0.05, 0.1) is 5.69 Å². The van der Waals surface area contributed by atoms with Crippen LogP contribution in [-0.4, -0.2) is 5.71 Å². The third kappa shape index (κ3) is 3.27. The van der Waals surface area contributed by atoms with Crippen LogP contribution in [0.3, 0.4) is 0 Å². The van der Waals surface area contributed by atoms with Gasteiger partial charge in [-0.05, 0) is 43.7 Å². The van der Waals surface area contributed by atoms with Crippen molar-refractivity contribution in [3.05, 3.63) is 64.1 Å². The van der Waals surface area contributed by atoms with Crippen LogP contribution in [0.25, 0.3) is 0 Å². The number of aliphatic imine (C=N–C) groups is 1. The number of benzene rings is 2. The molecule has 0 unspecified atom stereocenters. The van der Waals surface area contributed by atoms with Gasteiger partial charge in [-0.15, -0.1) is 0 Å². The summed E-state index contributed by atoms with van der Waals surface area (Å²) in [6.45, 7) is 4.11. The first kappa shape index (κ1) is 12.1. The largest absolute Gasteiger partial charge is 0.253 e. The average molecular weight is 288 g/mol. The minimum atomic E-state index is 0.996. The molecule has 2 aromatic rings. The van der Waals surface area contributed by atoms with Crippen LogP contribution in [0.15, 0.2) is 58.0 Å². The predicted molar refractivity (Wildman–Crippen MR) is 77.2 cm³/mol. The zero-order chi connectivity index (χ0) is 12.3. The van der Waals surface area contributed by atoms with Crippen LogP contribution in [0.2, 0.25) is 0 Å². The lowest BCUT2D eigenvalue weighted by molar-refractivity contribution is 1.42. The Morgan fingerprint density at radius 2 is 1.53 bits per heavy atom. The maximum Gasteiger partial charge on any atom is 0.0633 e. The van der Waals surface area contributed by atoms with Crippen LogP contribution < -0.4 is 0 Å². The standard InChI is InChI=1S/C15H14BrN/c1-11-3-9-15(10-4-11)17-12(2)13-5-7-14(16)8-6-13/h3-10H,1-2H3. The SMILES string of the molecule is CC(=Nc1ccc(C)cc1)c1ccc(Br)cc1. The van der Waals surface area contributed by atoms with Gasteiger partial charge in [0, 0.05) is 10.2 Å². The molecular weight excluding hydrogens is 274 g/mol. The van der Waals surface area contributed by atoms with Crippen molar-refractivity contribution in [1.29, 1.82) is 0 Å². The normalized spacial score (nSPS) is 11.6. The van der Waals surface area contributed by atoms with Gasteiger partial charge in [0.15, 0.2) is 0 Å². The summed E-state index contributed by atoms with van der Waals surface area (Å²) in [5.41, 5.74) is 4.43. The number of rotatable bonds is 2. The van der Waals surface area contributed by atoms with Gasteiger partial charge in [-0.25, -0.2) is 0 Å². The number of halogens is 1. The van der Waals surface area contributed by atoms with Crippen LogP contribution in [0, 0.1) is 6.92 Å².